The fraction of sp³-hybridized carbons (Fsp3) is 0.500. The first-order valence-corrected chi connectivity index (χ1v) is 10.8. The zero-order valence-corrected chi connectivity index (χ0v) is 16.9. The Balaban J connectivity index is 1.30. The number of ether oxygens (including phenoxy) is 2. The monoisotopic (exact) mass is 392 g/mol. The molecule has 0 radical (unpaired) electrons. The number of rotatable bonds is 4. The van der Waals surface area contributed by atoms with Crippen LogP contribution in [0, 0.1) is 5.92 Å². The topological polar surface area (TPSA) is 38.1 Å². The average Bonchev–Trinajstić information content (AvgIpc) is 3.48. The molecule has 1 aromatic carbocycles. The summed E-state index contributed by atoms with van der Waals surface area (Å²) in [6.45, 7) is 7.18. The lowest BCUT2D eigenvalue weighted by Gasteiger charge is -2.51. The Morgan fingerprint density at radius 3 is 2.79 bits per heavy atom. The van der Waals surface area contributed by atoms with Crippen LogP contribution in [0.25, 0.3) is 6.08 Å². The lowest BCUT2D eigenvalue weighted by molar-refractivity contribution is -0.00406. The van der Waals surface area contributed by atoms with Gasteiger partial charge in [0.2, 0.25) is 6.79 Å². The number of fused-ring (bicyclic) bond motifs is 3. The van der Waals surface area contributed by atoms with Crippen LogP contribution in [0.2, 0.25) is 0 Å². The van der Waals surface area contributed by atoms with Crippen molar-refractivity contribution in [2.75, 3.05) is 33.0 Å². The molecule has 0 amide bonds. The van der Waals surface area contributed by atoms with E-state index in [4.69, 9.17) is 13.9 Å². The third-order valence-corrected chi connectivity index (χ3v) is 7.30. The van der Waals surface area contributed by atoms with Gasteiger partial charge in [-0.15, -0.1) is 0 Å². The normalized spacial score (nSPS) is 33.3. The predicted octanol–water partition coefficient (Wildman–Crippen LogP) is 3.97. The summed E-state index contributed by atoms with van der Waals surface area (Å²) in [5, 5.41) is 0. The van der Waals surface area contributed by atoms with Crippen molar-refractivity contribution >= 4 is 6.08 Å². The van der Waals surface area contributed by atoms with E-state index in [9.17, 15) is 0 Å². The molecule has 1 aromatic heterocycles. The first-order valence-electron chi connectivity index (χ1n) is 10.8. The van der Waals surface area contributed by atoms with E-state index < -0.39 is 0 Å². The van der Waals surface area contributed by atoms with Gasteiger partial charge in [-0.05, 0) is 74.7 Å². The first kappa shape index (κ1) is 17.6. The molecule has 29 heavy (non-hydrogen) atoms. The van der Waals surface area contributed by atoms with Crippen molar-refractivity contribution in [3.63, 3.8) is 0 Å². The molecule has 3 atom stereocenters. The van der Waals surface area contributed by atoms with Crippen LogP contribution in [0.15, 0.2) is 46.6 Å². The van der Waals surface area contributed by atoms with Gasteiger partial charge < -0.3 is 13.9 Å². The maximum Gasteiger partial charge on any atom is 0.231 e. The molecule has 2 bridgehead atoms. The van der Waals surface area contributed by atoms with E-state index >= 15 is 0 Å². The third-order valence-electron chi connectivity index (χ3n) is 7.30. The molecule has 0 unspecified atom stereocenters. The van der Waals surface area contributed by atoms with Crippen LogP contribution in [-0.2, 0) is 0 Å². The molecule has 5 aliphatic heterocycles. The van der Waals surface area contributed by atoms with Gasteiger partial charge in [-0.25, -0.2) is 0 Å². The number of furan rings is 1. The van der Waals surface area contributed by atoms with Crippen molar-refractivity contribution in [2.24, 2.45) is 5.92 Å². The van der Waals surface area contributed by atoms with Crippen LogP contribution in [0.5, 0.6) is 11.5 Å². The Bertz CT molecular complexity index is 914. The van der Waals surface area contributed by atoms with E-state index in [2.05, 4.69) is 41.0 Å². The summed E-state index contributed by atoms with van der Waals surface area (Å²) in [6, 6.07) is 11.8. The Morgan fingerprint density at radius 2 is 1.97 bits per heavy atom. The van der Waals surface area contributed by atoms with Gasteiger partial charge in [-0.3, -0.25) is 9.80 Å². The maximum absolute atomic E-state index is 5.68. The fourth-order valence-corrected chi connectivity index (χ4v) is 6.14. The van der Waals surface area contributed by atoms with E-state index in [0.717, 1.165) is 36.3 Å². The van der Waals surface area contributed by atoms with Crippen LogP contribution in [0.3, 0.4) is 0 Å². The second kappa shape index (κ2) is 6.92. The molecule has 7 rings (SSSR count). The highest BCUT2D eigenvalue weighted by atomic mass is 16.7. The number of nitrogens with zero attached hydrogens (tertiary/aromatic N) is 2. The molecule has 6 heterocycles. The van der Waals surface area contributed by atoms with Crippen LogP contribution in [-0.4, -0.2) is 54.9 Å². The quantitative estimate of drug-likeness (QED) is 0.787. The lowest BCUT2D eigenvalue weighted by atomic mass is 9.75. The summed E-state index contributed by atoms with van der Waals surface area (Å²) in [4.78, 5) is 5.50. The summed E-state index contributed by atoms with van der Waals surface area (Å²) in [6.07, 6.45) is 6.61. The molecule has 0 N–H and O–H groups in total. The van der Waals surface area contributed by atoms with Gasteiger partial charge in [0.1, 0.15) is 5.76 Å². The smallest absolute Gasteiger partial charge is 0.231 e. The molecule has 4 fully saturated rings. The Kier molecular flexibility index (Phi) is 4.20. The average molecular weight is 392 g/mol. The Morgan fingerprint density at radius 1 is 1.10 bits per heavy atom. The van der Waals surface area contributed by atoms with Gasteiger partial charge in [0.25, 0.3) is 0 Å². The number of piperidine rings is 3. The third kappa shape index (κ3) is 2.99. The maximum atomic E-state index is 5.68. The van der Waals surface area contributed by atoms with Crippen LogP contribution >= 0.6 is 0 Å². The van der Waals surface area contributed by atoms with Gasteiger partial charge in [-0.1, -0.05) is 11.6 Å². The number of hydrogen-bond donors (Lipinski definition) is 0. The molecule has 4 saturated heterocycles. The minimum atomic E-state index is 0.340. The van der Waals surface area contributed by atoms with Crippen molar-refractivity contribution in [1.29, 1.82) is 0 Å². The number of likely N-dealkylation sites (tertiary alicyclic amines) is 1. The molecular weight excluding hydrogens is 364 g/mol. The molecule has 152 valence electrons. The highest BCUT2D eigenvalue weighted by Gasteiger charge is 2.53. The largest absolute Gasteiger partial charge is 0.465 e. The molecule has 5 aliphatic rings. The zero-order chi connectivity index (χ0) is 19.4. The Labute approximate surface area is 171 Å². The second-order valence-electron chi connectivity index (χ2n) is 9.01. The lowest BCUT2D eigenvalue weighted by Crippen LogP contribution is -2.60. The number of hydrogen-bond acceptors (Lipinski definition) is 5. The van der Waals surface area contributed by atoms with Crippen molar-refractivity contribution in [2.45, 2.75) is 37.8 Å². The first-order chi connectivity index (χ1) is 14.3. The van der Waals surface area contributed by atoms with Crippen LogP contribution in [0.1, 0.15) is 37.0 Å². The summed E-state index contributed by atoms with van der Waals surface area (Å²) in [5.41, 5.74) is 2.76. The predicted molar refractivity (Wildman–Crippen MR) is 111 cm³/mol. The summed E-state index contributed by atoms with van der Waals surface area (Å²) >= 11 is 0. The minimum Gasteiger partial charge on any atom is -0.465 e. The molecule has 2 aromatic rings. The summed E-state index contributed by atoms with van der Waals surface area (Å²) < 4.78 is 16.7. The Hall–Kier alpha value is -2.24. The van der Waals surface area contributed by atoms with Gasteiger partial charge in [0.05, 0.1) is 6.26 Å². The van der Waals surface area contributed by atoms with Crippen LogP contribution in [0.4, 0.5) is 0 Å². The molecule has 0 spiro atoms. The van der Waals surface area contributed by atoms with Gasteiger partial charge >= 0.3 is 0 Å². The summed E-state index contributed by atoms with van der Waals surface area (Å²) in [7, 11) is 0. The molecule has 5 heteroatoms. The zero-order valence-electron chi connectivity index (χ0n) is 16.9. The fourth-order valence-electron chi connectivity index (χ4n) is 6.14. The molecule has 5 nitrogen and oxygen atoms in total. The highest BCUT2D eigenvalue weighted by Crippen LogP contribution is 2.48. The number of benzene rings is 1. The van der Waals surface area contributed by atoms with Gasteiger partial charge in [0, 0.05) is 31.1 Å². The van der Waals surface area contributed by atoms with Crippen LogP contribution < -0.4 is 9.47 Å². The van der Waals surface area contributed by atoms with Crippen molar-refractivity contribution in [3.05, 3.63) is 53.5 Å². The van der Waals surface area contributed by atoms with Crippen molar-refractivity contribution in [3.8, 4) is 11.5 Å². The van der Waals surface area contributed by atoms with E-state index in [0.29, 0.717) is 24.8 Å². The molecular formula is C24H28N2O3. The molecule has 0 aliphatic carbocycles. The minimum absolute atomic E-state index is 0.340. The molecule has 0 saturated carbocycles. The van der Waals surface area contributed by atoms with Crippen molar-refractivity contribution < 1.29 is 13.9 Å². The second-order valence-corrected chi connectivity index (χ2v) is 9.01. The summed E-state index contributed by atoms with van der Waals surface area (Å²) in [5.74, 6) is 4.07. The van der Waals surface area contributed by atoms with Gasteiger partial charge in [-0.2, -0.15) is 0 Å². The van der Waals surface area contributed by atoms with E-state index in [1.165, 1.54) is 37.1 Å². The van der Waals surface area contributed by atoms with Gasteiger partial charge in [0.15, 0.2) is 11.5 Å². The SMILES string of the molecule is CC(=Cc1ccco1)CN1C[C@@H](c2ccc3c(c2)OCO3)[C@@H]2[C@H]1C1CCN2CC1. The van der Waals surface area contributed by atoms with E-state index in [1.54, 1.807) is 6.26 Å². The van der Waals surface area contributed by atoms with E-state index in [1.807, 2.05) is 12.1 Å². The van der Waals surface area contributed by atoms with Crippen molar-refractivity contribution in [1.82, 2.24) is 9.80 Å². The van der Waals surface area contributed by atoms with E-state index in [-0.39, 0.29) is 0 Å². The highest BCUT2D eigenvalue weighted by molar-refractivity contribution is 5.48. The standard InChI is InChI=1S/C24H28N2O3/c1-16(11-19-3-2-10-27-19)13-26-14-20(18-4-5-21-22(12-18)29-15-28-21)24-23(26)17-6-8-25(24)9-7-17/h2-5,10-12,17,20,23-24H,6-9,13-15H2,1H3/t20-,23+,24+/m0/s1.